The topological polar surface area (TPSA) is 51.1 Å². The molecule has 1 saturated carbocycles. The number of aromatic nitrogens is 1. The first-order chi connectivity index (χ1) is 16.2. The van der Waals surface area contributed by atoms with Crippen molar-refractivity contribution in [3.8, 4) is 11.1 Å². The van der Waals surface area contributed by atoms with Crippen molar-refractivity contribution in [2.45, 2.75) is 57.6 Å². The second kappa shape index (κ2) is 8.89. The molecule has 0 radical (unpaired) electrons. The zero-order valence-electron chi connectivity index (χ0n) is 19.6. The van der Waals surface area contributed by atoms with Crippen molar-refractivity contribution in [2.24, 2.45) is 5.41 Å². The van der Waals surface area contributed by atoms with Crippen molar-refractivity contribution in [1.82, 2.24) is 9.29 Å². The number of fused-ring (bicyclic) bond motifs is 1. The van der Waals surface area contributed by atoms with Crippen LogP contribution in [-0.4, -0.2) is 24.9 Å². The third-order valence-electron chi connectivity index (χ3n) is 5.96. The lowest BCUT2D eigenvalue weighted by molar-refractivity contribution is -0.137. The average Bonchev–Trinajstić information content (AvgIpc) is 3.55. The number of benzene rings is 2. The molecule has 4 nitrogen and oxygen atoms in total. The van der Waals surface area contributed by atoms with Gasteiger partial charge in [-0.2, -0.15) is 13.2 Å². The summed E-state index contributed by atoms with van der Waals surface area (Å²) in [5.41, 5.74) is -1.04. The molecule has 0 aliphatic heterocycles. The van der Waals surface area contributed by atoms with Gasteiger partial charge in [0.25, 0.3) is 0 Å². The van der Waals surface area contributed by atoms with Gasteiger partial charge in [-0.25, -0.2) is 21.9 Å². The minimum atomic E-state index is -4.76. The number of nitrogens with one attached hydrogen (secondary N) is 1. The van der Waals surface area contributed by atoms with Gasteiger partial charge in [0.05, 0.1) is 16.9 Å². The molecule has 0 bridgehead atoms. The Morgan fingerprint density at radius 1 is 1.11 bits per heavy atom. The van der Waals surface area contributed by atoms with E-state index in [9.17, 15) is 30.4 Å². The minimum Gasteiger partial charge on any atom is -0.347 e. The lowest BCUT2D eigenvalue weighted by Gasteiger charge is -2.20. The highest BCUT2D eigenvalue weighted by molar-refractivity contribution is 7.90. The van der Waals surface area contributed by atoms with Crippen molar-refractivity contribution < 1.29 is 30.4 Å². The first-order valence-electron chi connectivity index (χ1n) is 11.3. The molecule has 0 saturated heterocycles. The Bertz CT molecular complexity index is 1350. The Labute approximate surface area is 201 Å². The van der Waals surface area contributed by atoms with E-state index in [4.69, 9.17) is 0 Å². The van der Waals surface area contributed by atoms with E-state index in [2.05, 4.69) is 4.72 Å². The first kappa shape index (κ1) is 25.6. The summed E-state index contributed by atoms with van der Waals surface area (Å²) in [5.74, 6) is -1.01. The Kier molecular flexibility index (Phi) is 6.51. The van der Waals surface area contributed by atoms with Gasteiger partial charge in [-0.1, -0.05) is 39.0 Å². The summed E-state index contributed by atoms with van der Waals surface area (Å²) in [6.45, 7) is 5.31. The summed E-state index contributed by atoms with van der Waals surface area (Å²) in [4.78, 5) is 0. The highest BCUT2D eigenvalue weighted by Crippen LogP contribution is 2.41. The molecule has 1 aliphatic rings. The normalized spacial score (nSPS) is 16.1. The summed E-state index contributed by atoms with van der Waals surface area (Å²) in [7, 11) is -3.69. The van der Waals surface area contributed by atoms with E-state index >= 15 is 0 Å². The minimum absolute atomic E-state index is 0.0260. The summed E-state index contributed by atoms with van der Waals surface area (Å²) < 4.78 is 98.8. The van der Waals surface area contributed by atoms with Crippen molar-refractivity contribution in [3.63, 3.8) is 0 Å². The molecule has 1 atom stereocenters. The molecule has 1 fully saturated rings. The number of hydrogen-bond acceptors (Lipinski definition) is 2. The SMILES string of the molecule is CC(C)(C)Cn1cc([C@@H](CF)NS(=O)(=O)C2CC2)c2ccc(-c3c(F)cccc3C(F)(F)F)cc21. The fourth-order valence-electron chi connectivity index (χ4n) is 4.30. The highest BCUT2D eigenvalue weighted by Gasteiger charge is 2.38. The summed E-state index contributed by atoms with van der Waals surface area (Å²) in [5, 5.41) is -0.0445. The van der Waals surface area contributed by atoms with Crippen LogP contribution in [0.1, 0.15) is 50.8 Å². The number of alkyl halides is 4. The second-order valence-electron chi connectivity index (χ2n) is 10.2. The third kappa shape index (κ3) is 5.38. The molecule has 2 aromatic carbocycles. The van der Waals surface area contributed by atoms with Gasteiger partial charge >= 0.3 is 6.18 Å². The molecule has 1 aromatic heterocycles. The van der Waals surface area contributed by atoms with Crippen LogP contribution in [0.15, 0.2) is 42.6 Å². The zero-order chi connectivity index (χ0) is 25.8. The molecule has 4 rings (SSSR count). The second-order valence-corrected chi connectivity index (χ2v) is 12.2. The number of nitrogens with zero attached hydrogens (tertiary/aromatic N) is 1. The summed E-state index contributed by atoms with van der Waals surface area (Å²) in [6, 6.07) is 5.97. The van der Waals surface area contributed by atoms with E-state index in [1.54, 1.807) is 10.8 Å². The van der Waals surface area contributed by atoms with Gasteiger partial charge in [-0.3, -0.25) is 0 Å². The van der Waals surface area contributed by atoms with Crippen LogP contribution in [0, 0.1) is 11.2 Å². The maximum Gasteiger partial charge on any atom is 0.417 e. The smallest absolute Gasteiger partial charge is 0.347 e. The van der Waals surface area contributed by atoms with Gasteiger partial charge in [0.15, 0.2) is 0 Å². The molecular formula is C25H27F5N2O2S. The number of rotatable bonds is 7. The zero-order valence-corrected chi connectivity index (χ0v) is 20.4. The largest absolute Gasteiger partial charge is 0.417 e. The predicted octanol–water partition coefficient (Wildman–Crippen LogP) is 6.60. The van der Waals surface area contributed by atoms with E-state index in [0.29, 0.717) is 35.9 Å². The van der Waals surface area contributed by atoms with Gasteiger partial charge in [0, 0.05) is 29.2 Å². The molecular weight excluding hydrogens is 487 g/mol. The van der Waals surface area contributed by atoms with E-state index in [0.717, 1.165) is 18.2 Å². The van der Waals surface area contributed by atoms with Crippen LogP contribution < -0.4 is 4.72 Å². The Morgan fingerprint density at radius 2 is 1.80 bits per heavy atom. The van der Waals surface area contributed by atoms with Crippen LogP contribution in [0.4, 0.5) is 22.0 Å². The van der Waals surface area contributed by atoms with Crippen molar-refractivity contribution >= 4 is 20.9 Å². The van der Waals surface area contributed by atoms with Crippen molar-refractivity contribution in [1.29, 1.82) is 0 Å². The first-order valence-corrected chi connectivity index (χ1v) is 12.8. The lowest BCUT2D eigenvalue weighted by atomic mass is 9.96. The Morgan fingerprint density at radius 3 is 2.37 bits per heavy atom. The average molecular weight is 515 g/mol. The van der Waals surface area contributed by atoms with Crippen LogP contribution in [0.2, 0.25) is 0 Å². The Balaban J connectivity index is 1.89. The van der Waals surface area contributed by atoms with Crippen LogP contribution in [-0.2, 0) is 22.7 Å². The maximum atomic E-state index is 14.7. The quantitative estimate of drug-likeness (QED) is 0.361. The number of sulfonamides is 1. The maximum absolute atomic E-state index is 14.7. The van der Waals surface area contributed by atoms with Gasteiger partial charge in [0.1, 0.15) is 12.5 Å². The molecule has 10 heteroatoms. The van der Waals surface area contributed by atoms with E-state index in [-0.39, 0.29) is 11.0 Å². The van der Waals surface area contributed by atoms with Gasteiger partial charge in [-0.15, -0.1) is 0 Å². The number of halogens is 5. The van der Waals surface area contributed by atoms with E-state index in [1.165, 1.54) is 18.2 Å². The molecule has 1 N–H and O–H groups in total. The van der Waals surface area contributed by atoms with Gasteiger partial charge in [-0.05, 0) is 47.6 Å². The van der Waals surface area contributed by atoms with Crippen LogP contribution in [0.5, 0.6) is 0 Å². The number of hydrogen-bond donors (Lipinski definition) is 1. The molecule has 0 amide bonds. The molecule has 1 heterocycles. The van der Waals surface area contributed by atoms with E-state index < -0.39 is 51.1 Å². The van der Waals surface area contributed by atoms with Crippen LogP contribution >= 0.6 is 0 Å². The monoisotopic (exact) mass is 514 g/mol. The molecule has 0 spiro atoms. The standard InChI is InChI=1S/C25H27F5N2O2S/c1-24(2,3)14-32-13-18(21(12-26)31-35(33,34)16-8-9-16)17-10-7-15(11-22(17)32)23-19(25(28,29)30)5-4-6-20(23)27/h4-7,10-11,13,16,21,31H,8-9,12,14H2,1-3H3/t21-/m1/s1. The summed E-state index contributed by atoms with van der Waals surface area (Å²) in [6.07, 6.45) is -2.09. The third-order valence-corrected chi connectivity index (χ3v) is 7.93. The molecule has 3 aromatic rings. The van der Waals surface area contributed by atoms with Crippen LogP contribution in [0.25, 0.3) is 22.0 Å². The van der Waals surface area contributed by atoms with Crippen molar-refractivity contribution in [3.05, 3.63) is 59.5 Å². The Hall–Kier alpha value is -2.46. The molecule has 35 heavy (non-hydrogen) atoms. The van der Waals surface area contributed by atoms with E-state index in [1.807, 2.05) is 20.8 Å². The summed E-state index contributed by atoms with van der Waals surface area (Å²) >= 11 is 0. The van der Waals surface area contributed by atoms with Crippen molar-refractivity contribution in [2.75, 3.05) is 6.67 Å². The highest BCUT2D eigenvalue weighted by atomic mass is 32.2. The fraction of sp³-hybridized carbons (Fsp3) is 0.440. The molecule has 1 aliphatic carbocycles. The molecule has 0 unspecified atom stereocenters. The van der Waals surface area contributed by atoms with Gasteiger partial charge < -0.3 is 4.57 Å². The van der Waals surface area contributed by atoms with Gasteiger partial charge in [0.2, 0.25) is 10.0 Å². The fourth-order valence-corrected chi connectivity index (χ4v) is 5.84. The predicted molar refractivity (Wildman–Crippen MR) is 126 cm³/mol. The molecule has 190 valence electrons. The lowest BCUT2D eigenvalue weighted by Crippen LogP contribution is -2.32. The van der Waals surface area contributed by atoms with Crippen LogP contribution in [0.3, 0.4) is 0 Å².